The summed E-state index contributed by atoms with van der Waals surface area (Å²) in [7, 11) is 4.15. The molecule has 112 valence electrons. The van der Waals surface area contributed by atoms with Gasteiger partial charge >= 0.3 is 0 Å². The molecule has 0 saturated heterocycles. The number of para-hydroxylation sites is 1. The Balaban J connectivity index is 1.78. The third kappa shape index (κ3) is 2.09. The normalized spacial score (nSPS) is 17.5. The maximum absolute atomic E-state index is 3.66. The Bertz CT molecular complexity index is 799. The monoisotopic (exact) mass is 291 g/mol. The Morgan fingerprint density at radius 3 is 2.55 bits per heavy atom. The Morgan fingerprint density at radius 2 is 1.77 bits per heavy atom. The van der Waals surface area contributed by atoms with Crippen molar-refractivity contribution >= 4 is 16.6 Å². The summed E-state index contributed by atoms with van der Waals surface area (Å²) in [6, 6.07) is 17.7. The maximum Gasteiger partial charge on any atom is 0.0732 e. The van der Waals surface area contributed by atoms with E-state index in [-0.39, 0.29) is 6.04 Å². The molecule has 22 heavy (non-hydrogen) atoms. The average Bonchev–Trinajstić information content (AvgIpc) is 2.93. The molecule has 2 heterocycles. The molecule has 2 N–H and O–H groups in total. The van der Waals surface area contributed by atoms with Crippen LogP contribution in [0.4, 0.5) is 5.69 Å². The summed E-state index contributed by atoms with van der Waals surface area (Å²) in [6.07, 6.45) is 1.09. The minimum Gasteiger partial charge on any atom is -0.378 e. The molecule has 3 nitrogen and oxygen atoms in total. The largest absolute Gasteiger partial charge is 0.378 e. The first-order valence-electron chi connectivity index (χ1n) is 7.84. The van der Waals surface area contributed by atoms with Crippen molar-refractivity contribution in [1.29, 1.82) is 0 Å². The number of fused-ring (bicyclic) bond motifs is 3. The molecule has 0 saturated carbocycles. The van der Waals surface area contributed by atoms with E-state index in [1.165, 1.54) is 33.4 Å². The van der Waals surface area contributed by atoms with Gasteiger partial charge in [-0.2, -0.15) is 0 Å². The molecule has 1 aliphatic heterocycles. The van der Waals surface area contributed by atoms with Gasteiger partial charge in [0, 0.05) is 42.9 Å². The second-order valence-electron chi connectivity index (χ2n) is 6.19. The predicted octanol–water partition coefficient (Wildman–Crippen LogP) is 3.47. The molecule has 2 aromatic carbocycles. The minimum atomic E-state index is 0.257. The molecule has 0 radical (unpaired) electrons. The van der Waals surface area contributed by atoms with Crippen molar-refractivity contribution < 1.29 is 0 Å². The van der Waals surface area contributed by atoms with E-state index in [0.29, 0.717) is 0 Å². The van der Waals surface area contributed by atoms with Crippen LogP contribution in [0.25, 0.3) is 10.9 Å². The average molecular weight is 291 g/mol. The number of aromatic nitrogens is 1. The van der Waals surface area contributed by atoms with Crippen LogP contribution >= 0.6 is 0 Å². The standard InChI is InChI=1S/C19H21N3/c1-22(2)14-9-7-13(8-10-14)18-19-16(11-12-20-18)15-5-3-4-6-17(15)21-19/h3-10,18,20-21H,11-12H2,1-2H3/t18-/m1/s1. The Hall–Kier alpha value is -2.26. The van der Waals surface area contributed by atoms with E-state index in [9.17, 15) is 0 Å². The van der Waals surface area contributed by atoms with E-state index >= 15 is 0 Å². The molecule has 0 aliphatic carbocycles. The number of benzene rings is 2. The third-order valence-electron chi connectivity index (χ3n) is 4.60. The zero-order valence-electron chi connectivity index (χ0n) is 13.1. The van der Waals surface area contributed by atoms with Gasteiger partial charge in [-0.05, 0) is 35.7 Å². The van der Waals surface area contributed by atoms with Crippen molar-refractivity contribution in [2.75, 3.05) is 25.5 Å². The highest BCUT2D eigenvalue weighted by Crippen LogP contribution is 2.33. The highest BCUT2D eigenvalue weighted by Gasteiger charge is 2.24. The van der Waals surface area contributed by atoms with Crippen molar-refractivity contribution in [3.05, 3.63) is 65.4 Å². The van der Waals surface area contributed by atoms with Gasteiger partial charge in [0.05, 0.1) is 6.04 Å². The van der Waals surface area contributed by atoms with Crippen molar-refractivity contribution in [2.45, 2.75) is 12.5 Å². The molecule has 1 aliphatic rings. The first-order valence-corrected chi connectivity index (χ1v) is 7.84. The smallest absolute Gasteiger partial charge is 0.0732 e. The van der Waals surface area contributed by atoms with Crippen LogP contribution in [0.1, 0.15) is 22.9 Å². The number of aromatic amines is 1. The van der Waals surface area contributed by atoms with Gasteiger partial charge in [0.1, 0.15) is 0 Å². The van der Waals surface area contributed by atoms with Gasteiger partial charge in [-0.3, -0.25) is 0 Å². The van der Waals surface area contributed by atoms with E-state index < -0.39 is 0 Å². The quantitative estimate of drug-likeness (QED) is 0.757. The molecule has 0 unspecified atom stereocenters. The highest BCUT2D eigenvalue weighted by atomic mass is 15.1. The molecule has 0 amide bonds. The van der Waals surface area contributed by atoms with Crippen molar-refractivity contribution in [2.24, 2.45) is 0 Å². The Kier molecular flexibility index (Phi) is 3.16. The van der Waals surface area contributed by atoms with E-state index in [0.717, 1.165) is 13.0 Å². The van der Waals surface area contributed by atoms with Gasteiger partial charge in [0.15, 0.2) is 0 Å². The summed E-state index contributed by atoms with van der Waals surface area (Å²) in [5, 5.41) is 5.03. The SMILES string of the molecule is CN(C)c1ccc([C@H]2NCCc3c2[nH]c2ccccc32)cc1. The highest BCUT2D eigenvalue weighted by molar-refractivity contribution is 5.85. The van der Waals surface area contributed by atoms with Gasteiger partial charge in [0.25, 0.3) is 0 Å². The van der Waals surface area contributed by atoms with Crippen LogP contribution in [-0.4, -0.2) is 25.6 Å². The number of anilines is 1. The summed E-state index contributed by atoms with van der Waals surface area (Å²) >= 11 is 0. The third-order valence-corrected chi connectivity index (χ3v) is 4.60. The van der Waals surface area contributed by atoms with Crippen molar-refractivity contribution in [3.8, 4) is 0 Å². The number of H-pyrrole nitrogens is 1. The second-order valence-corrected chi connectivity index (χ2v) is 6.19. The van der Waals surface area contributed by atoms with Crippen molar-refractivity contribution in [1.82, 2.24) is 10.3 Å². The molecule has 1 aromatic heterocycles. The van der Waals surface area contributed by atoms with Crippen LogP contribution in [0.3, 0.4) is 0 Å². The van der Waals surface area contributed by atoms with Crippen LogP contribution in [0.5, 0.6) is 0 Å². The van der Waals surface area contributed by atoms with E-state index in [1.807, 2.05) is 0 Å². The zero-order valence-corrected chi connectivity index (χ0v) is 13.1. The molecule has 4 rings (SSSR count). The number of rotatable bonds is 2. The van der Waals surface area contributed by atoms with E-state index in [4.69, 9.17) is 0 Å². The second kappa shape index (κ2) is 5.18. The van der Waals surface area contributed by atoms with Gasteiger partial charge in [-0.15, -0.1) is 0 Å². The lowest BCUT2D eigenvalue weighted by atomic mass is 9.94. The Labute approximate surface area is 131 Å². The van der Waals surface area contributed by atoms with Gasteiger partial charge in [-0.25, -0.2) is 0 Å². The number of hydrogen-bond acceptors (Lipinski definition) is 2. The van der Waals surface area contributed by atoms with Crippen LogP contribution < -0.4 is 10.2 Å². The summed E-state index contributed by atoms with van der Waals surface area (Å²) in [4.78, 5) is 5.76. The number of nitrogens with one attached hydrogen (secondary N) is 2. The van der Waals surface area contributed by atoms with Gasteiger partial charge in [0.2, 0.25) is 0 Å². The molecule has 0 spiro atoms. The van der Waals surface area contributed by atoms with Crippen LogP contribution in [-0.2, 0) is 6.42 Å². The molecule has 0 fully saturated rings. The number of nitrogens with zero attached hydrogens (tertiary/aromatic N) is 1. The fourth-order valence-corrected chi connectivity index (χ4v) is 3.43. The van der Waals surface area contributed by atoms with Crippen LogP contribution in [0.15, 0.2) is 48.5 Å². The van der Waals surface area contributed by atoms with E-state index in [1.54, 1.807) is 0 Å². The maximum atomic E-state index is 3.66. The summed E-state index contributed by atoms with van der Waals surface area (Å²) < 4.78 is 0. The first-order chi connectivity index (χ1) is 10.7. The first kappa shape index (κ1) is 13.4. The summed E-state index contributed by atoms with van der Waals surface area (Å²) in [6.45, 7) is 1.02. The number of hydrogen-bond donors (Lipinski definition) is 2. The fourth-order valence-electron chi connectivity index (χ4n) is 3.43. The fraction of sp³-hybridized carbons (Fsp3) is 0.263. The predicted molar refractivity (Wildman–Crippen MR) is 92.6 cm³/mol. The molecule has 1 atom stereocenters. The lowest BCUT2D eigenvalue weighted by Crippen LogP contribution is -2.30. The topological polar surface area (TPSA) is 31.1 Å². The molecule has 0 bridgehead atoms. The van der Waals surface area contributed by atoms with Crippen LogP contribution in [0.2, 0.25) is 0 Å². The molecular weight excluding hydrogens is 270 g/mol. The molecular formula is C19H21N3. The zero-order chi connectivity index (χ0) is 15.1. The Morgan fingerprint density at radius 1 is 1.00 bits per heavy atom. The van der Waals surface area contributed by atoms with Crippen LogP contribution in [0, 0.1) is 0 Å². The lowest BCUT2D eigenvalue weighted by Gasteiger charge is -2.25. The minimum absolute atomic E-state index is 0.257. The van der Waals surface area contributed by atoms with E-state index in [2.05, 4.69) is 77.8 Å². The van der Waals surface area contributed by atoms with Gasteiger partial charge < -0.3 is 15.2 Å². The lowest BCUT2D eigenvalue weighted by molar-refractivity contribution is 0.560. The molecule has 3 heteroatoms. The molecule has 3 aromatic rings. The van der Waals surface area contributed by atoms with Crippen molar-refractivity contribution in [3.63, 3.8) is 0 Å². The summed E-state index contributed by atoms with van der Waals surface area (Å²) in [5.74, 6) is 0. The van der Waals surface area contributed by atoms with Gasteiger partial charge in [-0.1, -0.05) is 30.3 Å². The summed E-state index contributed by atoms with van der Waals surface area (Å²) in [5.41, 5.74) is 6.58.